The third kappa shape index (κ3) is 1.50. The number of aromatic nitrogens is 3. The van der Waals surface area contributed by atoms with E-state index in [0.717, 1.165) is 5.56 Å². The molecule has 0 bridgehead atoms. The molecule has 5 nitrogen and oxygen atoms in total. The summed E-state index contributed by atoms with van der Waals surface area (Å²) < 4.78 is 1.49. The third-order valence-corrected chi connectivity index (χ3v) is 2.33. The highest BCUT2D eigenvalue weighted by Crippen LogP contribution is 2.18. The normalized spacial score (nSPS) is 10.1. The van der Waals surface area contributed by atoms with E-state index in [1.165, 1.54) is 4.68 Å². The standard InChI is InChI=1S/C11H11N5/c1-7-3-4-14-10(5-7)16-11(13)9(6-12)8(2)15-16/h3-5H,13H2,1-2H3. The van der Waals surface area contributed by atoms with E-state index in [1.807, 2.05) is 25.1 Å². The number of nitrogen functional groups attached to an aromatic ring is 1. The van der Waals surface area contributed by atoms with E-state index in [0.29, 0.717) is 22.9 Å². The molecule has 0 aliphatic carbocycles. The lowest BCUT2D eigenvalue weighted by Gasteiger charge is -2.03. The molecule has 0 saturated heterocycles. The van der Waals surface area contributed by atoms with Crippen molar-refractivity contribution in [2.24, 2.45) is 0 Å². The number of hydrogen-bond acceptors (Lipinski definition) is 4. The third-order valence-electron chi connectivity index (χ3n) is 2.33. The molecule has 0 saturated carbocycles. The zero-order valence-corrected chi connectivity index (χ0v) is 9.10. The molecule has 0 aromatic carbocycles. The van der Waals surface area contributed by atoms with Crippen LogP contribution in [0, 0.1) is 25.2 Å². The van der Waals surface area contributed by atoms with Gasteiger partial charge in [-0.15, -0.1) is 0 Å². The molecule has 0 radical (unpaired) electrons. The van der Waals surface area contributed by atoms with Gasteiger partial charge in [0.2, 0.25) is 0 Å². The Morgan fingerprint density at radius 3 is 2.75 bits per heavy atom. The maximum absolute atomic E-state index is 8.91. The Morgan fingerprint density at radius 1 is 1.44 bits per heavy atom. The zero-order valence-electron chi connectivity index (χ0n) is 9.10. The van der Waals surface area contributed by atoms with Crippen molar-refractivity contribution in [1.29, 1.82) is 5.26 Å². The Hall–Kier alpha value is -2.35. The monoisotopic (exact) mass is 213 g/mol. The van der Waals surface area contributed by atoms with Crippen LogP contribution in [0.2, 0.25) is 0 Å². The van der Waals surface area contributed by atoms with Gasteiger partial charge in [-0.2, -0.15) is 15.0 Å². The summed E-state index contributed by atoms with van der Waals surface area (Å²) in [5, 5.41) is 13.1. The first kappa shape index (κ1) is 10.2. The fourth-order valence-corrected chi connectivity index (χ4v) is 1.49. The van der Waals surface area contributed by atoms with Crippen LogP contribution in [-0.4, -0.2) is 14.8 Å². The molecule has 2 N–H and O–H groups in total. The molecular formula is C11H11N5. The van der Waals surface area contributed by atoms with Crippen LogP contribution < -0.4 is 5.73 Å². The number of pyridine rings is 1. The average molecular weight is 213 g/mol. The first-order valence-corrected chi connectivity index (χ1v) is 4.81. The number of nitrogens with two attached hydrogens (primary N) is 1. The summed E-state index contributed by atoms with van der Waals surface area (Å²) in [6.45, 7) is 3.71. The van der Waals surface area contributed by atoms with E-state index in [9.17, 15) is 0 Å². The number of aryl methyl sites for hydroxylation is 2. The van der Waals surface area contributed by atoms with Crippen molar-refractivity contribution in [3.8, 4) is 11.9 Å². The SMILES string of the molecule is Cc1ccnc(-n2nc(C)c(C#N)c2N)c1. The van der Waals surface area contributed by atoms with Gasteiger partial charge in [-0.1, -0.05) is 0 Å². The van der Waals surface area contributed by atoms with Crippen molar-refractivity contribution in [1.82, 2.24) is 14.8 Å². The van der Waals surface area contributed by atoms with Gasteiger partial charge in [0.15, 0.2) is 5.82 Å². The Balaban J connectivity index is 2.62. The van der Waals surface area contributed by atoms with Gasteiger partial charge in [0.25, 0.3) is 0 Å². The van der Waals surface area contributed by atoms with Crippen LogP contribution in [0.5, 0.6) is 0 Å². The van der Waals surface area contributed by atoms with Crippen LogP contribution in [0.25, 0.3) is 5.82 Å². The second kappa shape index (κ2) is 3.66. The van der Waals surface area contributed by atoms with Crippen LogP contribution in [0.1, 0.15) is 16.8 Å². The molecule has 0 aliphatic heterocycles. The van der Waals surface area contributed by atoms with E-state index < -0.39 is 0 Å². The molecule has 2 heterocycles. The first-order valence-electron chi connectivity index (χ1n) is 4.81. The largest absolute Gasteiger partial charge is 0.382 e. The molecule has 0 amide bonds. The van der Waals surface area contributed by atoms with Gasteiger partial charge in [-0.05, 0) is 31.5 Å². The smallest absolute Gasteiger partial charge is 0.155 e. The van der Waals surface area contributed by atoms with E-state index in [-0.39, 0.29) is 0 Å². The summed E-state index contributed by atoms with van der Waals surface area (Å²) in [5.41, 5.74) is 7.92. The molecule has 2 aromatic heterocycles. The van der Waals surface area contributed by atoms with Crippen molar-refractivity contribution in [3.63, 3.8) is 0 Å². The Kier molecular flexibility index (Phi) is 2.33. The predicted octanol–water partition coefficient (Wildman–Crippen LogP) is 1.34. The fraction of sp³-hybridized carbons (Fsp3) is 0.182. The fourth-order valence-electron chi connectivity index (χ4n) is 1.49. The quantitative estimate of drug-likeness (QED) is 0.775. The van der Waals surface area contributed by atoms with Crippen LogP contribution >= 0.6 is 0 Å². The minimum Gasteiger partial charge on any atom is -0.382 e. The van der Waals surface area contributed by atoms with E-state index in [1.54, 1.807) is 13.1 Å². The maximum Gasteiger partial charge on any atom is 0.155 e. The average Bonchev–Trinajstić information content (AvgIpc) is 2.54. The van der Waals surface area contributed by atoms with Crippen molar-refractivity contribution >= 4 is 5.82 Å². The molecule has 2 rings (SSSR count). The summed E-state index contributed by atoms with van der Waals surface area (Å²) >= 11 is 0. The van der Waals surface area contributed by atoms with Gasteiger partial charge in [-0.25, -0.2) is 4.98 Å². The van der Waals surface area contributed by atoms with Crippen molar-refractivity contribution in [2.75, 3.05) is 5.73 Å². The molecule has 16 heavy (non-hydrogen) atoms. The predicted molar refractivity (Wildman–Crippen MR) is 60.0 cm³/mol. The maximum atomic E-state index is 8.91. The molecule has 0 spiro atoms. The van der Waals surface area contributed by atoms with Gasteiger partial charge >= 0.3 is 0 Å². The minimum atomic E-state index is 0.332. The molecule has 5 heteroatoms. The molecule has 80 valence electrons. The zero-order chi connectivity index (χ0) is 11.7. The molecule has 0 atom stereocenters. The molecule has 0 aliphatic rings. The minimum absolute atomic E-state index is 0.332. The number of hydrogen-bond donors (Lipinski definition) is 1. The van der Waals surface area contributed by atoms with Gasteiger partial charge in [0, 0.05) is 6.20 Å². The lowest BCUT2D eigenvalue weighted by molar-refractivity contribution is 0.840. The summed E-state index contributed by atoms with van der Waals surface area (Å²) in [6, 6.07) is 5.79. The van der Waals surface area contributed by atoms with E-state index >= 15 is 0 Å². The molecular weight excluding hydrogens is 202 g/mol. The lowest BCUT2D eigenvalue weighted by Crippen LogP contribution is -2.04. The second-order valence-corrected chi connectivity index (χ2v) is 3.56. The summed E-state index contributed by atoms with van der Waals surface area (Å²) in [6.07, 6.45) is 1.69. The highest BCUT2D eigenvalue weighted by molar-refractivity contribution is 5.54. The van der Waals surface area contributed by atoms with Gasteiger partial charge in [-0.3, -0.25) is 0 Å². The topological polar surface area (TPSA) is 80.5 Å². The van der Waals surface area contributed by atoms with Gasteiger partial charge < -0.3 is 5.73 Å². The molecule has 0 fully saturated rings. The number of nitrogens with zero attached hydrogens (tertiary/aromatic N) is 4. The number of rotatable bonds is 1. The Morgan fingerprint density at radius 2 is 2.19 bits per heavy atom. The van der Waals surface area contributed by atoms with Gasteiger partial charge in [0.05, 0.1) is 5.69 Å². The Labute approximate surface area is 93.1 Å². The lowest BCUT2D eigenvalue weighted by atomic mass is 10.2. The molecule has 2 aromatic rings. The summed E-state index contributed by atoms with van der Waals surface area (Å²) in [4.78, 5) is 4.17. The van der Waals surface area contributed by atoms with Crippen molar-refractivity contribution < 1.29 is 0 Å². The Bertz CT molecular complexity index is 577. The van der Waals surface area contributed by atoms with Crippen LogP contribution in [-0.2, 0) is 0 Å². The van der Waals surface area contributed by atoms with E-state index in [4.69, 9.17) is 11.0 Å². The van der Waals surface area contributed by atoms with Crippen LogP contribution in [0.15, 0.2) is 18.3 Å². The van der Waals surface area contributed by atoms with Crippen LogP contribution in [0.4, 0.5) is 5.82 Å². The summed E-state index contributed by atoms with van der Waals surface area (Å²) in [5.74, 6) is 0.959. The first-order chi connectivity index (χ1) is 7.63. The van der Waals surface area contributed by atoms with Crippen molar-refractivity contribution in [3.05, 3.63) is 35.2 Å². The van der Waals surface area contributed by atoms with Crippen LogP contribution in [0.3, 0.4) is 0 Å². The van der Waals surface area contributed by atoms with Crippen molar-refractivity contribution in [2.45, 2.75) is 13.8 Å². The summed E-state index contributed by atoms with van der Waals surface area (Å²) in [7, 11) is 0. The van der Waals surface area contributed by atoms with Gasteiger partial charge in [0.1, 0.15) is 17.5 Å². The second-order valence-electron chi connectivity index (χ2n) is 3.56. The number of nitriles is 1. The number of anilines is 1. The van der Waals surface area contributed by atoms with E-state index in [2.05, 4.69) is 10.1 Å². The highest BCUT2D eigenvalue weighted by atomic mass is 15.3. The highest BCUT2D eigenvalue weighted by Gasteiger charge is 2.13. The molecule has 0 unspecified atom stereocenters.